The molecule has 0 bridgehead atoms. The number of hydrogen-bond acceptors (Lipinski definition) is 4. The zero-order valence-corrected chi connectivity index (χ0v) is 18.6. The molecule has 0 aliphatic carbocycles. The van der Waals surface area contributed by atoms with Gasteiger partial charge in [0.2, 0.25) is 0 Å². The minimum absolute atomic E-state index is 0. The van der Waals surface area contributed by atoms with E-state index in [9.17, 15) is 0 Å². The molecule has 0 radical (unpaired) electrons. The summed E-state index contributed by atoms with van der Waals surface area (Å²) in [4.78, 5) is 0. The molecule has 2 aliphatic heterocycles. The molecular formula is C24H35ClN2O2. The average molecular weight is 419 g/mol. The summed E-state index contributed by atoms with van der Waals surface area (Å²) in [5.41, 5.74) is 15.7. The Morgan fingerprint density at radius 3 is 2.03 bits per heavy atom. The van der Waals surface area contributed by atoms with Gasteiger partial charge in [-0.05, 0) is 92.0 Å². The van der Waals surface area contributed by atoms with Gasteiger partial charge in [-0.3, -0.25) is 0 Å². The molecule has 0 fully saturated rings. The molecule has 2 aromatic rings. The first-order chi connectivity index (χ1) is 13.5. The van der Waals surface area contributed by atoms with Gasteiger partial charge < -0.3 is 20.9 Å². The monoisotopic (exact) mass is 418 g/mol. The highest BCUT2D eigenvalue weighted by molar-refractivity contribution is 5.85. The summed E-state index contributed by atoms with van der Waals surface area (Å²) >= 11 is 0. The lowest BCUT2D eigenvalue weighted by atomic mass is 9.87. The van der Waals surface area contributed by atoms with Gasteiger partial charge in [-0.25, -0.2) is 0 Å². The van der Waals surface area contributed by atoms with Crippen molar-refractivity contribution in [2.75, 3.05) is 11.5 Å². The third-order valence-electron chi connectivity index (χ3n) is 5.87. The van der Waals surface area contributed by atoms with E-state index in [2.05, 4.69) is 20.8 Å². The molecule has 4 rings (SSSR count). The number of halogens is 1. The highest BCUT2D eigenvalue weighted by Crippen LogP contribution is 2.34. The molecule has 4 N–H and O–H groups in total. The smallest absolute Gasteiger partial charge is 0.123 e. The second kappa shape index (κ2) is 10.6. The van der Waals surface area contributed by atoms with Crippen LogP contribution in [0.5, 0.6) is 11.5 Å². The van der Waals surface area contributed by atoms with Gasteiger partial charge >= 0.3 is 0 Å². The molecule has 29 heavy (non-hydrogen) atoms. The number of hydrogen-bond donors (Lipinski definition) is 2. The van der Waals surface area contributed by atoms with Crippen molar-refractivity contribution in [3.8, 4) is 11.5 Å². The van der Waals surface area contributed by atoms with Crippen LogP contribution in [-0.4, -0.2) is 12.2 Å². The Morgan fingerprint density at radius 1 is 0.828 bits per heavy atom. The number of nitrogens with two attached hydrogens (primary N) is 2. The number of anilines is 2. The number of ether oxygens (including phenoxy) is 2. The van der Waals surface area contributed by atoms with Crippen LogP contribution >= 0.6 is 12.4 Å². The van der Waals surface area contributed by atoms with E-state index in [4.69, 9.17) is 20.9 Å². The van der Waals surface area contributed by atoms with Crippen LogP contribution in [0.3, 0.4) is 0 Å². The summed E-state index contributed by atoms with van der Waals surface area (Å²) < 4.78 is 11.8. The highest BCUT2D eigenvalue weighted by atomic mass is 35.5. The Balaban J connectivity index is 0.000000202. The van der Waals surface area contributed by atoms with E-state index < -0.39 is 0 Å². The van der Waals surface area contributed by atoms with Crippen molar-refractivity contribution >= 4 is 23.8 Å². The summed E-state index contributed by atoms with van der Waals surface area (Å²) in [6.45, 7) is 6.58. The molecule has 0 unspecified atom stereocenters. The number of benzene rings is 2. The maximum atomic E-state index is 5.98. The molecule has 0 saturated carbocycles. The van der Waals surface area contributed by atoms with E-state index in [1.54, 1.807) is 0 Å². The van der Waals surface area contributed by atoms with Crippen molar-refractivity contribution in [1.82, 2.24) is 0 Å². The SMILES string of the molecule is CC[C@@H]1CCc2cc(N)ccc2O1.CC[C@H]1Cc2cc(N)ccc2O[C@@H]1CC.Cl. The summed E-state index contributed by atoms with van der Waals surface area (Å²) in [6.07, 6.45) is 7.45. The molecule has 2 aromatic carbocycles. The third-order valence-corrected chi connectivity index (χ3v) is 5.87. The van der Waals surface area contributed by atoms with Crippen molar-refractivity contribution in [3.05, 3.63) is 47.5 Å². The molecule has 2 heterocycles. The summed E-state index contributed by atoms with van der Waals surface area (Å²) in [7, 11) is 0. The molecule has 0 spiro atoms. The Hall–Kier alpha value is -2.07. The molecule has 2 aliphatic rings. The third kappa shape index (κ3) is 5.72. The minimum Gasteiger partial charge on any atom is -0.490 e. The number of fused-ring (bicyclic) bond motifs is 2. The fourth-order valence-corrected chi connectivity index (χ4v) is 4.12. The minimum atomic E-state index is 0. The average Bonchev–Trinajstić information content (AvgIpc) is 2.72. The van der Waals surface area contributed by atoms with E-state index in [0.29, 0.717) is 18.1 Å². The van der Waals surface area contributed by atoms with Gasteiger partial charge in [0.05, 0.1) is 6.10 Å². The predicted octanol–water partition coefficient (Wildman–Crippen LogP) is 5.80. The number of rotatable bonds is 3. The molecule has 5 heteroatoms. The molecule has 3 atom stereocenters. The number of nitrogen functional groups attached to an aromatic ring is 2. The van der Waals surface area contributed by atoms with Gasteiger partial charge in [0.1, 0.15) is 17.6 Å². The zero-order valence-electron chi connectivity index (χ0n) is 17.8. The van der Waals surface area contributed by atoms with Gasteiger partial charge in [0, 0.05) is 11.4 Å². The van der Waals surface area contributed by atoms with Crippen molar-refractivity contribution in [3.63, 3.8) is 0 Å². The maximum Gasteiger partial charge on any atom is 0.123 e. The standard InChI is InChI=1S/C13H19NO.C11H15NO.ClH/c1-3-9-7-10-8-11(14)5-6-13(10)15-12(9)4-2;1-2-10-5-3-8-7-9(12)4-6-11(8)13-10;/h5-6,8-9,12H,3-4,7,14H2,1-2H3;4,6-7,10H,2-3,5,12H2,1H3;1H/t9-,12+;10-;/m01./s1. The second-order valence-electron chi connectivity index (χ2n) is 7.86. The van der Waals surface area contributed by atoms with Gasteiger partial charge in [-0.1, -0.05) is 20.8 Å². The fraction of sp³-hybridized carbons (Fsp3) is 0.500. The van der Waals surface area contributed by atoms with Crippen LogP contribution in [0.1, 0.15) is 57.6 Å². The lowest BCUT2D eigenvalue weighted by molar-refractivity contribution is 0.106. The van der Waals surface area contributed by atoms with Crippen LogP contribution in [0.2, 0.25) is 0 Å². The van der Waals surface area contributed by atoms with Gasteiger partial charge in [-0.2, -0.15) is 0 Å². The molecule has 4 nitrogen and oxygen atoms in total. The zero-order chi connectivity index (χ0) is 20.1. The van der Waals surface area contributed by atoms with E-state index in [-0.39, 0.29) is 12.4 Å². The van der Waals surface area contributed by atoms with Crippen LogP contribution in [0, 0.1) is 5.92 Å². The van der Waals surface area contributed by atoms with Crippen LogP contribution in [0.15, 0.2) is 36.4 Å². The summed E-state index contributed by atoms with van der Waals surface area (Å²) in [6, 6.07) is 11.9. The first-order valence-corrected chi connectivity index (χ1v) is 10.6. The molecule has 0 amide bonds. The molecule has 0 aromatic heterocycles. The fourth-order valence-electron chi connectivity index (χ4n) is 4.12. The maximum absolute atomic E-state index is 5.98. The molecular weight excluding hydrogens is 384 g/mol. The summed E-state index contributed by atoms with van der Waals surface area (Å²) in [5.74, 6) is 2.69. The van der Waals surface area contributed by atoms with Crippen LogP contribution < -0.4 is 20.9 Å². The first-order valence-electron chi connectivity index (χ1n) is 10.6. The van der Waals surface area contributed by atoms with Crippen molar-refractivity contribution in [2.45, 2.75) is 71.5 Å². The van der Waals surface area contributed by atoms with E-state index >= 15 is 0 Å². The Bertz CT molecular complexity index is 796. The van der Waals surface area contributed by atoms with Crippen LogP contribution in [0.25, 0.3) is 0 Å². The van der Waals surface area contributed by atoms with Crippen LogP contribution in [-0.2, 0) is 12.8 Å². The van der Waals surface area contributed by atoms with Gasteiger partial charge in [0.15, 0.2) is 0 Å². The van der Waals surface area contributed by atoms with E-state index in [1.807, 2.05) is 36.4 Å². The highest BCUT2D eigenvalue weighted by Gasteiger charge is 2.27. The summed E-state index contributed by atoms with van der Waals surface area (Å²) in [5, 5.41) is 0. The number of aryl methyl sites for hydroxylation is 1. The van der Waals surface area contributed by atoms with Crippen LogP contribution in [0.4, 0.5) is 11.4 Å². The largest absolute Gasteiger partial charge is 0.490 e. The lowest BCUT2D eigenvalue weighted by Gasteiger charge is -2.32. The molecule has 0 saturated heterocycles. The second-order valence-corrected chi connectivity index (χ2v) is 7.86. The van der Waals surface area contributed by atoms with Crippen molar-refractivity contribution in [2.24, 2.45) is 5.92 Å². The normalized spacial score (nSPS) is 21.8. The van der Waals surface area contributed by atoms with Crippen molar-refractivity contribution < 1.29 is 9.47 Å². The topological polar surface area (TPSA) is 70.5 Å². The lowest BCUT2D eigenvalue weighted by Crippen LogP contribution is -2.31. The van der Waals surface area contributed by atoms with E-state index in [0.717, 1.165) is 55.0 Å². The Kier molecular flexibility index (Phi) is 8.51. The van der Waals surface area contributed by atoms with Gasteiger partial charge in [-0.15, -0.1) is 12.4 Å². The van der Waals surface area contributed by atoms with E-state index in [1.165, 1.54) is 17.5 Å². The van der Waals surface area contributed by atoms with Crippen molar-refractivity contribution in [1.29, 1.82) is 0 Å². The molecule has 160 valence electrons. The predicted molar refractivity (Wildman–Crippen MR) is 124 cm³/mol. The Labute approximate surface area is 181 Å². The quantitative estimate of drug-likeness (QED) is 0.617. The first kappa shape index (κ1) is 23.2. The Morgan fingerprint density at radius 2 is 1.45 bits per heavy atom. The van der Waals surface area contributed by atoms with Gasteiger partial charge in [0.25, 0.3) is 0 Å².